The highest BCUT2D eigenvalue weighted by molar-refractivity contribution is 6.45. The van der Waals surface area contributed by atoms with E-state index < -0.39 is 7.05 Å². The Bertz CT molecular complexity index is 1930. The van der Waals surface area contributed by atoms with E-state index in [9.17, 15) is 5.02 Å². The molecule has 4 heterocycles. The number of benzene rings is 2. The number of fused-ring (bicyclic) bond motifs is 4. The van der Waals surface area contributed by atoms with Gasteiger partial charge in [-0.1, -0.05) is 65.5 Å². The molecule has 2 aliphatic carbocycles. The SMILES string of the molecule is CCC(CN1CCC(=C2c3ccc(Cl)cc3CCc3cc(C)cnc32)CC1)NB(C)O.Cc1cnc2c(c1)CCc1cc(Cl)ccc1C2=C1CCNCC1. The zero-order chi connectivity index (χ0) is 37.8. The quantitative estimate of drug-likeness (QED) is 0.177. The van der Waals surface area contributed by atoms with Gasteiger partial charge in [-0.25, -0.2) is 0 Å². The fourth-order valence-electron chi connectivity index (χ4n) is 8.81. The predicted octanol–water partition coefficient (Wildman–Crippen LogP) is 8.85. The Labute approximate surface area is 332 Å². The van der Waals surface area contributed by atoms with Gasteiger partial charge in [0, 0.05) is 59.3 Å². The average molecular weight is 763 g/mol. The standard InChI is InChI=1S/C25H33BClN3O.C20H21ClN2/c1-4-22(29-26(3)31)16-30-11-9-18(10-12-30)24-23-8-7-21(27)14-19(23)5-6-20-13-17(2)15-28-25(20)24;1-13-10-16-3-2-15-11-17(21)4-5-18(15)19(20(16)23-12-13)14-6-8-22-9-7-14/h7-8,13-15,22,29,31H,4-6,9-12,16H2,1-3H3;4-5,10-12,22H,2-3,6-9H2,1H3. The Morgan fingerprint density at radius 2 is 1.20 bits per heavy atom. The molecule has 0 spiro atoms. The van der Waals surface area contributed by atoms with E-state index in [1.807, 2.05) is 24.5 Å². The molecule has 4 aliphatic rings. The van der Waals surface area contributed by atoms with Crippen LogP contribution in [0.15, 0.2) is 72.1 Å². The van der Waals surface area contributed by atoms with Crippen molar-refractivity contribution in [3.8, 4) is 0 Å². The van der Waals surface area contributed by atoms with Gasteiger partial charge in [0.05, 0.1) is 11.4 Å². The number of likely N-dealkylation sites (tertiary alicyclic amines) is 1. The maximum atomic E-state index is 9.69. The Balaban J connectivity index is 0.000000174. The summed E-state index contributed by atoms with van der Waals surface area (Å²) >= 11 is 12.6. The van der Waals surface area contributed by atoms with E-state index in [4.69, 9.17) is 33.2 Å². The summed E-state index contributed by atoms with van der Waals surface area (Å²) in [6, 6.07) is 17.6. The van der Waals surface area contributed by atoms with Crippen LogP contribution in [0.2, 0.25) is 16.9 Å². The molecule has 8 rings (SSSR count). The molecule has 54 heavy (non-hydrogen) atoms. The molecule has 9 heteroatoms. The lowest BCUT2D eigenvalue weighted by Crippen LogP contribution is -2.47. The minimum Gasteiger partial charge on any atom is -0.437 e. The summed E-state index contributed by atoms with van der Waals surface area (Å²) in [5.41, 5.74) is 18.6. The van der Waals surface area contributed by atoms with Crippen molar-refractivity contribution in [2.75, 3.05) is 32.7 Å². The van der Waals surface area contributed by atoms with Crippen LogP contribution >= 0.6 is 23.2 Å². The number of piperidine rings is 2. The van der Waals surface area contributed by atoms with Gasteiger partial charge in [-0.3, -0.25) is 9.97 Å². The van der Waals surface area contributed by atoms with Gasteiger partial charge in [-0.15, -0.1) is 0 Å². The molecule has 0 saturated carbocycles. The van der Waals surface area contributed by atoms with Crippen LogP contribution in [-0.4, -0.2) is 65.7 Å². The summed E-state index contributed by atoms with van der Waals surface area (Å²) in [7, 11) is -0.465. The zero-order valence-corrected chi connectivity index (χ0v) is 33.9. The molecule has 0 amide bonds. The Morgan fingerprint density at radius 3 is 1.69 bits per heavy atom. The van der Waals surface area contributed by atoms with Gasteiger partial charge in [-0.2, -0.15) is 0 Å². The number of nitrogens with one attached hydrogen (secondary N) is 2. The van der Waals surface area contributed by atoms with E-state index in [0.717, 1.165) is 106 Å². The average Bonchev–Trinajstić information content (AvgIpc) is 3.42. The smallest absolute Gasteiger partial charge is 0.373 e. The van der Waals surface area contributed by atoms with E-state index in [2.05, 4.69) is 72.6 Å². The van der Waals surface area contributed by atoms with Gasteiger partial charge in [0.1, 0.15) is 0 Å². The Morgan fingerprint density at radius 1 is 0.722 bits per heavy atom. The second-order valence-electron chi connectivity index (χ2n) is 15.6. The summed E-state index contributed by atoms with van der Waals surface area (Å²) in [5.74, 6) is 0. The van der Waals surface area contributed by atoms with Crippen LogP contribution < -0.4 is 10.5 Å². The molecule has 2 aromatic heterocycles. The third-order valence-electron chi connectivity index (χ3n) is 11.5. The molecule has 282 valence electrons. The number of nitrogens with zero attached hydrogens (tertiary/aromatic N) is 3. The summed E-state index contributed by atoms with van der Waals surface area (Å²) in [6.07, 6.45) is 13.4. The largest absolute Gasteiger partial charge is 0.437 e. The third kappa shape index (κ3) is 9.04. The minimum absolute atomic E-state index is 0.320. The molecular formula is C45H54BCl2N5O. The molecule has 0 bridgehead atoms. The topological polar surface area (TPSA) is 73.3 Å². The van der Waals surface area contributed by atoms with Gasteiger partial charge in [-0.05, 0) is 160 Å². The van der Waals surface area contributed by atoms with Crippen molar-refractivity contribution in [2.24, 2.45) is 0 Å². The Kier molecular flexibility index (Phi) is 12.7. The molecule has 2 saturated heterocycles. The molecule has 3 N–H and O–H groups in total. The van der Waals surface area contributed by atoms with Crippen LogP contribution in [0.5, 0.6) is 0 Å². The summed E-state index contributed by atoms with van der Waals surface area (Å²) in [6.45, 7) is 13.4. The number of pyridine rings is 2. The number of hydrogen-bond acceptors (Lipinski definition) is 6. The second kappa shape index (κ2) is 17.7. The highest BCUT2D eigenvalue weighted by Crippen LogP contribution is 2.40. The molecule has 2 fully saturated rings. The van der Waals surface area contributed by atoms with E-state index in [0.29, 0.717) is 6.04 Å². The van der Waals surface area contributed by atoms with Crippen LogP contribution in [0.3, 0.4) is 0 Å². The lowest BCUT2D eigenvalue weighted by molar-refractivity contribution is 0.232. The fraction of sp³-hybridized carbons (Fsp3) is 0.422. The van der Waals surface area contributed by atoms with Crippen molar-refractivity contribution in [1.29, 1.82) is 0 Å². The first-order valence-corrected chi connectivity index (χ1v) is 20.7. The maximum Gasteiger partial charge on any atom is 0.373 e. The number of aryl methyl sites for hydroxylation is 6. The second-order valence-corrected chi connectivity index (χ2v) is 16.5. The minimum atomic E-state index is -0.465. The van der Waals surface area contributed by atoms with Crippen molar-refractivity contribution < 1.29 is 5.02 Å². The molecule has 2 aliphatic heterocycles. The Hall–Kier alpha value is -3.30. The number of halogens is 2. The van der Waals surface area contributed by atoms with E-state index in [1.54, 1.807) is 6.82 Å². The zero-order valence-electron chi connectivity index (χ0n) is 32.4. The van der Waals surface area contributed by atoms with Gasteiger partial charge in [0.2, 0.25) is 0 Å². The van der Waals surface area contributed by atoms with Gasteiger partial charge >= 0.3 is 7.05 Å². The van der Waals surface area contributed by atoms with Gasteiger partial charge in [0.25, 0.3) is 0 Å². The molecule has 6 nitrogen and oxygen atoms in total. The van der Waals surface area contributed by atoms with Crippen LogP contribution in [-0.2, 0) is 25.7 Å². The monoisotopic (exact) mass is 761 g/mol. The normalized spacial score (nSPS) is 17.6. The first kappa shape index (κ1) is 39.0. The van der Waals surface area contributed by atoms with Crippen LogP contribution in [0, 0.1) is 13.8 Å². The lowest BCUT2D eigenvalue weighted by atomic mass is 9.86. The molecular weight excluding hydrogens is 708 g/mol. The molecule has 1 unspecified atom stereocenters. The molecule has 0 radical (unpaired) electrons. The van der Waals surface area contributed by atoms with Crippen LogP contribution in [0.25, 0.3) is 11.1 Å². The predicted molar refractivity (Wildman–Crippen MR) is 227 cm³/mol. The first-order valence-electron chi connectivity index (χ1n) is 20.0. The number of aromatic nitrogens is 2. The lowest BCUT2D eigenvalue weighted by Gasteiger charge is -2.33. The van der Waals surface area contributed by atoms with E-state index in [1.165, 1.54) is 72.5 Å². The van der Waals surface area contributed by atoms with Crippen molar-refractivity contribution >= 4 is 41.4 Å². The third-order valence-corrected chi connectivity index (χ3v) is 12.0. The molecule has 4 aromatic rings. The van der Waals surface area contributed by atoms with Crippen LogP contribution in [0.1, 0.15) is 94.9 Å². The number of hydrogen-bond donors (Lipinski definition) is 3. The van der Waals surface area contributed by atoms with E-state index in [-0.39, 0.29) is 0 Å². The highest BCUT2D eigenvalue weighted by Gasteiger charge is 2.27. The van der Waals surface area contributed by atoms with Gasteiger partial charge < -0.3 is 20.5 Å². The maximum absolute atomic E-state index is 9.69. The fourth-order valence-corrected chi connectivity index (χ4v) is 9.20. The van der Waals surface area contributed by atoms with Crippen molar-refractivity contribution in [2.45, 2.75) is 91.4 Å². The summed E-state index contributed by atoms with van der Waals surface area (Å²) in [5, 5.41) is 18.1. The van der Waals surface area contributed by atoms with Gasteiger partial charge in [0.15, 0.2) is 0 Å². The summed E-state index contributed by atoms with van der Waals surface area (Å²) in [4.78, 5) is 12.3. The summed E-state index contributed by atoms with van der Waals surface area (Å²) < 4.78 is 0. The number of rotatable bonds is 5. The van der Waals surface area contributed by atoms with Crippen molar-refractivity contribution in [1.82, 2.24) is 25.4 Å². The van der Waals surface area contributed by atoms with Crippen molar-refractivity contribution in [3.05, 3.63) is 138 Å². The van der Waals surface area contributed by atoms with Crippen LogP contribution in [0.4, 0.5) is 0 Å². The van der Waals surface area contributed by atoms with E-state index >= 15 is 0 Å². The molecule has 1 atom stereocenters. The highest BCUT2D eigenvalue weighted by atomic mass is 35.5. The van der Waals surface area contributed by atoms with Crippen molar-refractivity contribution in [3.63, 3.8) is 0 Å². The first-order chi connectivity index (χ1) is 26.2. The molecule has 2 aromatic carbocycles.